The third kappa shape index (κ3) is 8.58. The first-order chi connectivity index (χ1) is 27.2. The topological polar surface area (TPSA) is 202 Å². The van der Waals surface area contributed by atoms with E-state index in [1.165, 1.54) is 14.2 Å². The first-order valence-electron chi connectivity index (χ1n) is 19.2. The van der Waals surface area contributed by atoms with Gasteiger partial charge in [0.15, 0.2) is 23.0 Å². The molecule has 296 valence electrons. The number of H-pyrrole nitrogens is 2. The summed E-state index contributed by atoms with van der Waals surface area (Å²) in [6.07, 6.45) is 10.1. The molecule has 3 atom stereocenters. The molecule has 56 heavy (non-hydrogen) atoms. The molecule has 1 saturated carbocycles. The van der Waals surface area contributed by atoms with Crippen LogP contribution in [0.15, 0.2) is 48.8 Å². The molecule has 2 aromatic carbocycles. The summed E-state index contributed by atoms with van der Waals surface area (Å²) in [6.45, 7) is 2.72. The number of carbonyl (C=O) groups is 4. The van der Waals surface area contributed by atoms with Gasteiger partial charge >= 0.3 is 12.2 Å². The number of aromatic nitrogens is 4. The summed E-state index contributed by atoms with van der Waals surface area (Å²) in [4.78, 5) is 67.2. The van der Waals surface area contributed by atoms with Crippen molar-refractivity contribution in [2.24, 2.45) is 5.92 Å². The Morgan fingerprint density at radius 1 is 0.821 bits per heavy atom. The summed E-state index contributed by atoms with van der Waals surface area (Å²) in [7, 11) is 2.57. The number of hydrogen-bond acceptors (Lipinski definition) is 10. The first-order valence-corrected chi connectivity index (χ1v) is 19.2. The molecule has 0 bridgehead atoms. The lowest BCUT2D eigenvalue weighted by molar-refractivity contribution is -0.134. The predicted octanol–water partition coefficient (Wildman–Crippen LogP) is 6.13. The lowest BCUT2D eigenvalue weighted by Crippen LogP contribution is -2.50. The van der Waals surface area contributed by atoms with Crippen molar-refractivity contribution in [3.05, 3.63) is 60.4 Å². The SMILES string of the molecule is COC(=O)NC(C)C(=O)N1CCCC1c1ncc(-c2ccc3c(c2)Oc2ccc(-c4cnc(CCCCNC(=O)C(NC(=O)OC)C5CCCC5)[nH]4)cc2O3)[nH]1. The maximum atomic E-state index is 13.1. The van der Waals surface area contributed by atoms with Gasteiger partial charge in [-0.25, -0.2) is 19.6 Å². The zero-order chi connectivity index (χ0) is 39.2. The Morgan fingerprint density at radius 3 is 2.14 bits per heavy atom. The van der Waals surface area contributed by atoms with E-state index in [4.69, 9.17) is 14.2 Å². The zero-order valence-electron chi connectivity index (χ0n) is 31.8. The highest BCUT2D eigenvalue weighted by atomic mass is 16.6. The van der Waals surface area contributed by atoms with Gasteiger partial charge in [-0.3, -0.25) is 9.59 Å². The molecule has 1 aliphatic carbocycles. The van der Waals surface area contributed by atoms with E-state index in [0.29, 0.717) is 48.3 Å². The number of hydrogen-bond donors (Lipinski definition) is 5. The van der Waals surface area contributed by atoms with E-state index < -0.39 is 24.3 Å². The highest BCUT2D eigenvalue weighted by molar-refractivity contribution is 5.86. The van der Waals surface area contributed by atoms with Crippen LogP contribution in [-0.2, 0) is 25.5 Å². The van der Waals surface area contributed by atoms with Crippen molar-refractivity contribution in [1.29, 1.82) is 0 Å². The van der Waals surface area contributed by atoms with Crippen LogP contribution >= 0.6 is 0 Å². The Hall–Kier alpha value is -6.06. The Bertz CT molecular complexity index is 2060. The average Bonchev–Trinajstić information content (AvgIpc) is 4.06. The zero-order valence-corrected chi connectivity index (χ0v) is 31.8. The second-order valence-electron chi connectivity index (χ2n) is 14.4. The van der Waals surface area contributed by atoms with E-state index in [1.807, 2.05) is 36.4 Å². The number of aromatic amines is 2. The van der Waals surface area contributed by atoms with Crippen LogP contribution in [0, 0.1) is 5.92 Å². The lowest BCUT2D eigenvalue weighted by Gasteiger charge is -2.26. The van der Waals surface area contributed by atoms with Crippen LogP contribution in [0.1, 0.15) is 76.0 Å². The second-order valence-corrected chi connectivity index (χ2v) is 14.4. The van der Waals surface area contributed by atoms with E-state index in [1.54, 1.807) is 24.2 Å². The van der Waals surface area contributed by atoms with E-state index in [0.717, 1.165) is 79.7 Å². The van der Waals surface area contributed by atoms with Crippen LogP contribution in [0.2, 0.25) is 0 Å². The molecule has 1 saturated heterocycles. The van der Waals surface area contributed by atoms with Gasteiger partial charge in [-0.15, -0.1) is 0 Å². The predicted molar refractivity (Wildman–Crippen MR) is 204 cm³/mol. The van der Waals surface area contributed by atoms with Gasteiger partial charge in [-0.05, 0) is 87.8 Å². The molecule has 4 amide bonds. The fraction of sp³-hybridized carbons (Fsp3) is 0.450. The van der Waals surface area contributed by atoms with Gasteiger partial charge in [0.25, 0.3) is 0 Å². The largest absolute Gasteiger partial charge is 0.453 e. The van der Waals surface area contributed by atoms with Crippen LogP contribution in [0.5, 0.6) is 23.0 Å². The molecule has 4 aromatic rings. The van der Waals surface area contributed by atoms with Crippen LogP contribution in [0.3, 0.4) is 0 Å². The van der Waals surface area contributed by atoms with Crippen LogP contribution in [0.4, 0.5) is 9.59 Å². The number of likely N-dealkylation sites (tertiary alicyclic amines) is 1. The third-order valence-electron chi connectivity index (χ3n) is 10.7. The number of imidazole rings is 2. The number of methoxy groups -OCH3 is 2. The van der Waals surface area contributed by atoms with Gasteiger partial charge in [0.2, 0.25) is 11.8 Å². The van der Waals surface area contributed by atoms with Gasteiger partial charge in [0, 0.05) is 30.6 Å². The molecular formula is C40H48N8O8. The van der Waals surface area contributed by atoms with Gasteiger partial charge in [0.05, 0.1) is 44.0 Å². The van der Waals surface area contributed by atoms with E-state index in [-0.39, 0.29) is 23.8 Å². The molecule has 16 heteroatoms. The molecule has 3 unspecified atom stereocenters. The standard InChI is InChI=1S/C40H48N8O8/c1-23(44-39(51)53-2)38(50)48-18-8-11-29(48)36-43-22-28(46-36)26-14-16-31-33(20-26)56-30-15-13-25(19-32(30)55-31)27-21-42-34(45-27)12-6-7-17-41-37(49)35(47-40(52)54-3)24-9-4-5-10-24/h13-16,19-24,29,35H,4-12,17-18H2,1-3H3,(H,41,49)(H,42,45)(H,43,46)(H,44,51)(H,47,52). The summed E-state index contributed by atoms with van der Waals surface area (Å²) in [5.41, 5.74) is 3.36. The third-order valence-corrected chi connectivity index (χ3v) is 10.7. The average molecular weight is 769 g/mol. The van der Waals surface area contributed by atoms with E-state index in [9.17, 15) is 19.2 Å². The normalized spacial score (nSPS) is 17.1. The van der Waals surface area contributed by atoms with E-state index >= 15 is 0 Å². The number of ether oxygens (including phenoxy) is 4. The number of unbranched alkanes of at least 4 members (excludes halogenated alkanes) is 1. The van der Waals surface area contributed by atoms with Gasteiger partial charge < -0.3 is 49.8 Å². The molecular weight excluding hydrogens is 720 g/mol. The summed E-state index contributed by atoms with van der Waals surface area (Å²) in [6, 6.07) is 9.87. The first kappa shape index (κ1) is 38.2. The number of alkyl carbamates (subject to hydrolysis) is 2. The molecule has 0 radical (unpaired) electrons. The molecule has 16 nitrogen and oxygen atoms in total. The maximum absolute atomic E-state index is 13.1. The summed E-state index contributed by atoms with van der Waals surface area (Å²) in [5, 5.41) is 8.25. The highest BCUT2D eigenvalue weighted by Gasteiger charge is 2.35. The van der Waals surface area contributed by atoms with Crippen molar-refractivity contribution in [3.8, 4) is 45.5 Å². The Morgan fingerprint density at radius 2 is 1.46 bits per heavy atom. The fourth-order valence-electron chi connectivity index (χ4n) is 7.68. The Balaban J connectivity index is 0.919. The van der Waals surface area contributed by atoms with Crippen molar-refractivity contribution >= 4 is 24.0 Å². The number of amides is 4. The molecule has 2 fully saturated rings. The van der Waals surface area contributed by atoms with Crippen LogP contribution in [0.25, 0.3) is 22.5 Å². The lowest BCUT2D eigenvalue weighted by atomic mass is 9.97. The van der Waals surface area contributed by atoms with Crippen molar-refractivity contribution in [1.82, 2.24) is 40.8 Å². The smallest absolute Gasteiger partial charge is 0.407 e. The monoisotopic (exact) mass is 768 g/mol. The van der Waals surface area contributed by atoms with Crippen molar-refractivity contribution in [2.75, 3.05) is 27.3 Å². The van der Waals surface area contributed by atoms with Gasteiger partial charge in [-0.1, -0.05) is 12.8 Å². The van der Waals surface area contributed by atoms with Crippen molar-refractivity contribution in [2.45, 2.75) is 82.8 Å². The fourth-order valence-corrected chi connectivity index (χ4v) is 7.68. The summed E-state index contributed by atoms with van der Waals surface area (Å²) >= 11 is 0. The number of carbonyl (C=O) groups excluding carboxylic acids is 4. The molecule has 4 heterocycles. The molecule has 0 spiro atoms. The minimum Gasteiger partial charge on any atom is -0.453 e. The molecule has 7 rings (SSSR count). The number of nitrogens with zero attached hydrogens (tertiary/aromatic N) is 3. The number of aryl methyl sites for hydroxylation is 1. The number of rotatable bonds is 13. The van der Waals surface area contributed by atoms with Crippen molar-refractivity contribution in [3.63, 3.8) is 0 Å². The molecule has 2 aliphatic heterocycles. The van der Waals surface area contributed by atoms with Crippen LogP contribution < -0.4 is 25.4 Å². The molecule has 2 aromatic heterocycles. The van der Waals surface area contributed by atoms with Crippen LogP contribution in [-0.4, -0.2) is 88.2 Å². The molecule has 5 N–H and O–H groups in total. The van der Waals surface area contributed by atoms with E-state index in [2.05, 4.69) is 40.6 Å². The number of fused-ring (bicyclic) bond motifs is 2. The minimum atomic E-state index is -0.727. The quantitative estimate of drug-likeness (QED) is 0.0868. The number of nitrogens with one attached hydrogen (secondary N) is 5. The minimum absolute atomic E-state index is 0.131. The highest BCUT2D eigenvalue weighted by Crippen LogP contribution is 2.47. The van der Waals surface area contributed by atoms with Crippen molar-refractivity contribution < 1.29 is 38.1 Å². The van der Waals surface area contributed by atoms with Gasteiger partial charge in [-0.2, -0.15) is 0 Å². The Kier molecular flexibility index (Phi) is 11.7. The van der Waals surface area contributed by atoms with Gasteiger partial charge in [0.1, 0.15) is 23.7 Å². The Labute approximate surface area is 324 Å². The maximum Gasteiger partial charge on any atom is 0.407 e. The second kappa shape index (κ2) is 17.2. The number of benzene rings is 2. The summed E-state index contributed by atoms with van der Waals surface area (Å²) in [5.74, 6) is 3.59. The summed E-state index contributed by atoms with van der Waals surface area (Å²) < 4.78 is 21.9. The molecule has 3 aliphatic rings.